The summed E-state index contributed by atoms with van der Waals surface area (Å²) in [5.41, 5.74) is 1.58. The summed E-state index contributed by atoms with van der Waals surface area (Å²) in [7, 11) is 1.22. The molecule has 1 amide bonds. The number of aromatic nitrogens is 3. The van der Waals surface area contributed by atoms with Crippen molar-refractivity contribution in [1.82, 2.24) is 14.8 Å². The maximum atomic E-state index is 13.4. The lowest BCUT2D eigenvalue weighted by atomic mass is 10.2. The van der Waals surface area contributed by atoms with Crippen LogP contribution in [-0.2, 0) is 14.3 Å². The lowest BCUT2D eigenvalue weighted by Crippen LogP contribution is -2.41. The van der Waals surface area contributed by atoms with Gasteiger partial charge in [0.15, 0.2) is 0 Å². The Morgan fingerprint density at radius 1 is 1.38 bits per heavy atom. The summed E-state index contributed by atoms with van der Waals surface area (Å²) in [5.74, 6) is -1.77. The highest BCUT2D eigenvalue weighted by Gasteiger charge is 2.28. The molecule has 0 spiro atoms. The number of amides is 1. The number of carbonyl (C=O) groups is 2. The average Bonchev–Trinajstić information content (AvgIpc) is 2.89. The van der Waals surface area contributed by atoms with E-state index in [0.717, 1.165) is 22.4 Å². The number of pyridine rings is 1. The maximum absolute atomic E-state index is 13.4. The van der Waals surface area contributed by atoms with E-state index >= 15 is 0 Å². The Bertz CT molecular complexity index is 760. The van der Waals surface area contributed by atoms with Crippen molar-refractivity contribution in [3.05, 3.63) is 41.6 Å². The zero-order valence-electron chi connectivity index (χ0n) is 14.0. The van der Waals surface area contributed by atoms with Crippen LogP contribution in [-0.4, -0.2) is 40.3 Å². The minimum atomic E-state index is -0.742. The summed E-state index contributed by atoms with van der Waals surface area (Å²) >= 11 is 0. The van der Waals surface area contributed by atoms with Gasteiger partial charge in [0.2, 0.25) is 5.95 Å². The molecule has 0 aliphatic carbocycles. The number of ether oxygens (including phenoxy) is 1. The van der Waals surface area contributed by atoms with Crippen molar-refractivity contribution in [2.24, 2.45) is 0 Å². The number of hydrogen-bond acceptors (Lipinski definition) is 5. The predicted molar refractivity (Wildman–Crippen MR) is 85.0 cm³/mol. The molecule has 24 heavy (non-hydrogen) atoms. The molecule has 0 saturated heterocycles. The predicted octanol–water partition coefficient (Wildman–Crippen LogP) is 1.80. The molecular weight excluding hydrogens is 315 g/mol. The highest BCUT2D eigenvalue weighted by Crippen LogP contribution is 2.19. The van der Waals surface area contributed by atoms with E-state index in [1.807, 2.05) is 19.9 Å². The second kappa shape index (κ2) is 7.20. The second-order valence-corrected chi connectivity index (χ2v) is 5.37. The number of nitrogens with zero attached hydrogens (tertiary/aromatic N) is 4. The van der Waals surface area contributed by atoms with Crippen molar-refractivity contribution in [3.63, 3.8) is 0 Å². The normalized spacial score (nSPS) is 11.9. The Morgan fingerprint density at radius 3 is 2.62 bits per heavy atom. The molecule has 7 nitrogen and oxygen atoms in total. The average molecular weight is 334 g/mol. The summed E-state index contributed by atoms with van der Waals surface area (Å²) in [6, 6.07) is 5.19. The maximum Gasteiger partial charge on any atom is 0.325 e. The molecule has 0 radical (unpaired) electrons. The van der Waals surface area contributed by atoms with Crippen LogP contribution in [0.3, 0.4) is 0 Å². The summed E-state index contributed by atoms with van der Waals surface area (Å²) in [6.07, 6.45) is 0. The van der Waals surface area contributed by atoms with E-state index in [4.69, 9.17) is 0 Å². The highest BCUT2D eigenvalue weighted by atomic mass is 19.1. The van der Waals surface area contributed by atoms with Gasteiger partial charge in [0.1, 0.15) is 18.4 Å². The Labute approximate surface area is 139 Å². The standard InChI is InChI=1S/C16H19FN4O3/c1-10-8-11(2)21(19-10)12(3)16(23)20(9-15(22)24-4)14-7-5-6-13(17)18-14/h5-8,12H,9H2,1-4H3/t12-/m1/s1. The molecule has 2 aromatic heterocycles. The Kier molecular flexibility index (Phi) is 5.28. The summed E-state index contributed by atoms with van der Waals surface area (Å²) in [5, 5.41) is 4.28. The van der Waals surface area contributed by atoms with Gasteiger partial charge in [-0.25, -0.2) is 4.98 Å². The van der Waals surface area contributed by atoms with E-state index in [1.54, 1.807) is 11.6 Å². The smallest absolute Gasteiger partial charge is 0.325 e. The van der Waals surface area contributed by atoms with Gasteiger partial charge in [-0.1, -0.05) is 6.07 Å². The zero-order valence-corrected chi connectivity index (χ0v) is 14.0. The molecule has 0 bridgehead atoms. The van der Waals surface area contributed by atoms with Crippen LogP contribution >= 0.6 is 0 Å². The quantitative estimate of drug-likeness (QED) is 0.615. The van der Waals surface area contributed by atoms with Gasteiger partial charge in [-0.3, -0.25) is 19.2 Å². The van der Waals surface area contributed by atoms with Crippen LogP contribution < -0.4 is 4.90 Å². The van der Waals surface area contributed by atoms with E-state index < -0.39 is 23.9 Å². The van der Waals surface area contributed by atoms with Crippen LogP contribution in [0.1, 0.15) is 24.4 Å². The van der Waals surface area contributed by atoms with E-state index in [-0.39, 0.29) is 12.4 Å². The fourth-order valence-electron chi connectivity index (χ4n) is 2.38. The molecule has 0 aliphatic heterocycles. The molecule has 0 aromatic carbocycles. The molecule has 2 aromatic rings. The van der Waals surface area contributed by atoms with Crippen molar-refractivity contribution in [2.75, 3.05) is 18.6 Å². The monoisotopic (exact) mass is 334 g/mol. The second-order valence-electron chi connectivity index (χ2n) is 5.37. The lowest BCUT2D eigenvalue weighted by molar-refractivity contribution is -0.140. The van der Waals surface area contributed by atoms with Crippen LogP contribution in [0.25, 0.3) is 0 Å². The first-order chi connectivity index (χ1) is 11.3. The molecular formula is C16H19FN4O3. The molecule has 128 valence electrons. The Balaban J connectivity index is 2.37. The van der Waals surface area contributed by atoms with Crippen LogP contribution in [0, 0.1) is 19.8 Å². The van der Waals surface area contributed by atoms with Crippen LogP contribution in [0.2, 0.25) is 0 Å². The van der Waals surface area contributed by atoms with Crippen LogP contribution in [0.15, 0.2) is 24.3 Å². The van der Waals surface area contributed by atoms with E-state index in [9.17, 15) is 14.0 Å². The molecule has 0 unspecified atom stereocenters. The summed E-state index contributed by atoms with van der Waals surface area (Å²) in [6.45, 7) is 4.94. The summed E-state index contributed by atoms with van der Waals surface area (Å²) in [4.78, 5) is 29.3. The minimum Gasteiger partial charge on any atom is -0.468 e. The largest absolute Gasteiger partial charge is 0.468 e. The first kappa shape index (κ1) is 17.6. The van der Waals surface area contributed by atoms with Gasteiger partial charge in [0, 0.05) is 5.69 Å². The van der Waals surface area contributed by atoms with Gasteiger partial charge in [-0.05, 0) is 39.0 Å². The van der Waals surface area contributed by atoms with E-state index in [0.29, 0.717) is 0 Å². The van der Waals surface area contributed by atoms with Crippen molar-refractivity contribution < 1.29 is 18.7 Å². The van der Waals surface area contributed by atoms with Crippen molar-refractivity contribution in [3.8, 4) is 0 Å². The molecule has 0 saturated carbocycles. The number of carbonyl (C=O) groups excluding carboxylic acids is 2. The molecule has 1 atom stereocenters. The third-order valence-corrected chi connectivity index (χ3v) is 3.53. The van der Waals surface area contributed by atoms with Crippen molar-refractivity contribution in [1.29, 1.82) is 0 Å². The molecule has 2 rings (SSSR count). The molecule has 0 N–H and O–H groups in total. The first-order valence-corrected chi connectivity index (χ1v) is 7.37. The molecule has 8 heteroatoms. The topological polar surface area (TPSA) is 77.3 Å². The lowest BCUT2D eigenvalue weighted by Gasteiger charge is -2.24. The van der Waals surface area contributed by atoms with E-state index in [1.165, 1.54) is 19.2 Å². The number of anilines is 1. The third-order valence-electron chi connectivity index (χ3n) is 3.53. The fraction of sp³-hybridized carbons (Fsp3) is 0.375. The minimum absolute atomic E-state index is 0.0405. The van der Waals surface area contributed by atoms with Gasteiger partial charge in [0.25, 0.3) is 5.91 Å². The van der Waals surface area contributed by atoms with Gasteiger partial charge >= 0.3 is 5.97 Å². The third kappa shape index (κ3) is 3.76. The number of halogens is 1. The molecule has 2 heterocycles. The number of aryl methyl sites for hydroxylation is 2. The SMILES string of the molecule is COC(=O)CN(C(=O)[C@@H](C)n1nc(C)cc1C)c1cccc(F)n1. The Hall–Kier alpha value is -2.77. The number of methoxy groups -OCH3 is 1. The van der Waals surface area contributed by atoms with E-state index in [2.05, 4.69) is 14.8 Å². The Morgan fingerprint density at radius 2 is 2.08 bits per heavy atom. The number of hydrogen-bond donors (Lipinski definition) is 0. The van der Waals surface area contributed by atoms with Crippen LogP contribution in [0.5, 0.6) is 0 Å². The number of rotatable bonds is 5. The van der Waals surface area contributed by atoms with Gasteiger partial charge < -0.3 is 4.74 Å². The summed E-state index contributed by atoms with van der Waals surface area (Å²) < 4.78 is 19.6. The van der Waals surface area contributed by atoms with Gasteiger partial charge in [0.05, 0.1) is 12.8 Å². The fourth-order valence-corrected chi connectivity index (χ4v) is 2.38. The van der Waals surface area contributed by atoms with Crippen molar-refractivity contribution >= 4 is 17.7 Å². The zero-order chi connectivity index (χ0) is 17.9. The molecule has 0 fully saturated rings. The van der Waals surface area contributed by atoms with Gasteiger partial charge in [-0.15, -0.1) is 0 Å². The number of esters is 1. The van der Waals surface area contributed by atoms with Crippen molar-refractivity contribution in [2.45, 2.75) is 26.8 Å². The van der Waals surface area contributed by atoms with Crippen LogP contribution in [0.4, 0.5) is 10.2 Å². The van der Waals surface area contributed by atoms with Gasteiger partial charge in [-0.2, -0.15) is 9.49 Å². The first-order valence-electron chi connectivity index (χ1n) is 7.37. The molecule has 0 aliphatic rings. The highest BCUT2D eigenvalue weighted by molar-refractivity contribution is 5.98.